The van der Waals surface area contributed by atoms with Gasteiger partial charge in [-0.2, -0.15) is 0 Å². The molecule has 4 nitrogen and oxygen atoms in total. The molecule has 0 aliphatic carbocycles. The fraction of sp³-hybridized carbons (Fsp3) is 0.857. The topological polar surface area (TPSA) is 74.6 Å². The van der Waals surface area contributed by atoms with Gasteiger partial charge in [-0.25, -0.2) is 0 Å². The molecule has 0 saturated carbocycles. The van der Waals surface area contributed by atoms with Crippen LogP contribution in [0, 0.1) is 10.8 Å². The van der Waals surface area contributed by atoms with Gasteiger partial charge in [0, 0.05) is 19.5 Å². The van der Waals surface area contributed by atoms with Crippen LogP contribution >= 0.6 is 0 Å². The van der Waals surface area contributed by atoms with E-state index in [9.17, 15) is 9.59 Å². The van der Waals surface area contributed by atoms with Gasteiger partial charge in [0.15, 0.2) is 0 Å². The minimum Gasteiger partial charge on any atom is -0.481 e. The van der Waals surface area contributed by atoms with Gasteiger partial charge >= 0.3 is 11.9 Å². The van der Waals surface area contributed by atoms with Crippen LogP contribution in [0.25, 0.3) is 0 Å². The Balaban J connectivity index is -0.000000256. The number of carbonyl (C=O) groups is 2. The van der Waals surface area contributed by atoms with E-state index in [1.807, 2.05) is 13.8 Å². The van der Waals surface area contributed by atoms with Crippen LogP contribution in [0.5, 0.6) is 0 Å². The Morgan fingerprint density at radius 3 is 1.05 bits per heavy atom. The van der Waals surface area contributed by atoms with Crippen LogP contribution in [0.3, 0.4) is 0 Å². The number of carboxylic acid groups (broad SMARTS) is 2. The van der Waals surface area contributed by atoms with Gasteiger partial charge in [0.25, 0.3) is 0 Å². The van der Waals surface area contributed by atoms with Crippen molar-refractivity contribution in [2.45, 2.75) is 67.2 Å². The summed E-state index contributed by atoms with van der Waals surface area (Å²) in [7, 11) is 0. The largest absolute Gasteiger partial charge is 0.481 e. The zero-order valence-corrected chi connectivity index (χ0v) is 16.2. The average Bonchev–Trinajstić information content (AvgIpc) is 2.17. The zero-order valence-electron chi connectivity index (χ0n) is 13.2. The minimum atomic E-state index is -0.704. The van der Waals surface area contributed by atoms with Gasteiger partial charge in [-0.3, -0.25) is 9.59 Å². The molecule has 0 bridgehead atoms. The van der Waals surface area contributed by atoms with Gasteiger partial charge in [-0.15, -0.1) is 0 Å². The molecule has 0 aromatic carbocycles. The average molecular weight is 326 g/mol. The molecule has 0 unspecified atom stereocenters. The summed E-state index contributed by atoms with van der Waals surface area (Å²) in [5.41, 5.74) is -1.07. The Kier molecular flexibility index (Phi) is 12.9. The van der Waals surface area contributed by atoms with Gasteiger partial charge in [-0.1, -0.05) is 26.7 Å². The predicted molar refractivity (Wildman–Crippen MR) is 72.6 cm³/mol. The quantitative estimate of drug-likeness (QED) is 0.728. The molecule has 2 N–H and O–H groups in total. The van der Waals surface area contributed by atoms with Crippen molar-refractivity contribution in [1.29, 1.82) is 0 Å². The Morgan fingerprint density at radius 2 is 1.00 bits per heavy atom. The zero-order chi connectivity index (χ0) is 15.0. The van der Waals surface area contributed by atoms with E-state index in [4.69, 9.17) is 10.2 Å². The third kappa shape index (κ3) is 11.1. The summed E-state index contributed by atoms with van der Waals surface area (Å²) in [5.74, 6) is -1.41. The van der Waals surface area contributed by atoms with Gasteiger partial charge in [0.1, 0.15) is 0 Å². The molecular weight excluding hydrogens is 298 g/mol. The van der Waals surface area contributed by atoms with Crippen LogP contribution in [0.15, 0.2) is 0 Å². The summed E-state index contributed by atoms with van der Waals surface area (Å²) >= 11 is 0. The van der Waals surface area contributed by atoms with Crippen LogP contribution in [0.2, 0.25) is 0 Å². The van der Waals surface area contributed by atoms with E-state index >= 15 is 0 Å². The molecule has 0 aliphatic heterocycles. The van der Waals surface area contributed by atoms with Gasteiger partial charge < -0.3 is 10.2 Å². The molecule has 0 atom stereocenters. The van der Waals surface area contributed by atoms with Crippen LogP contribution in [-0.2, 0) is 29.1 Å². The molecule has 0 radical (unpaired) electrons. The second-order valence-electron chi connectivity index (χ2n) is 5.88. The van der Waals surface area contributed by atoms with E-state index < -0.39 is 22.8 Å². The second-order valence-corrected chi connectivity index (χ2v) is 5.88. The third-order valence-electron chi connectivity index (χ3n) is 2.91. The van der Waals surface area contributed by atoms with Crippen molar-refractivity contribution < 1.29 is 39.3 Å². The summed E-state index contributed by atoms with van der Waals surface area (Å²) in [5, 5.41) is 17.1. The molecule has 0 aromatic heterocycles. The van der Waals surface area contributed by atoms with Gasteiger partial charge in [-0.05, 0) is 40.5 Å². The van der Waals surface area contributed by atoms with E-state index in [-0.39, 0.29) is 19.5 Å². The molecule has 5 heteroatoms. The van der Waals surface area contributed by atoms with Gasteiger partial charge in [0.05, 0.1) is 10.8 Å². The summed E-state index contributed by atoms with van der Waals surface area (Å²) in [6, 6.07) is 0. The van der Waals surface area contributed by atoms with Crippen LogP contribution in [0.1, 0.15) is 67.2 Å². The Labute approximate surface area is 129 Å². The SMILES string of the molecule is CCCC(C)(C)C(=O)O.CCCC(C)(C)C(=O)O.[Zn]. The van der Waals surface area contributed by atoms with Crippen LogP contribution in [-0.4, -0.2) is 22.2 Å². The number of hydrogen-bond donors (Lipinski definition) is 2. The number of rotatable bonds is 6. The fourth-order valence-electron chi connectivity index (χ4n) is 1.46. The Morgan fingerprint density at radius 1 is 0.789 bits per heavy atom. The number of aliphatic carboxylic acids is 2. The molecule has 0 spiro atoms. The smallest absolute Gasteiger partial charge is 0.309 e. The van der Waals surface area contributed by atoms with Crippen molar-refractivity contribution in [3.63, 3.8) is 0 Å². The first kappa shape index (κ1) is 23.6. The number of carboxylic acids is 2. The first-order chi connectivity index (χ1) is 8.01. The van der Waals surface area contributed by atoms with Crippen LogP contribution in [0.4, 0.5) is 0 Å². The summed E-state index contributed by atoms with van der Waals surface area (Å²) in [4.78, 5) is 20.8. The molecule has 0 amide bonds. The fourth-order valence-corrected chi connectivity index (χ4v) is 1.46. The van der Waals surface area contributed by atoms with Crippen molar-refractivity contribution in [3.8, 4) is 0 Å². The molecule has 0 heterocycles. The van der Waals surface area contributed by atoms with E-state index in [1.54, 1.807) is 27.7 Å². The second kappa shape index (κ2) is 10.4. The molecule has 0 rings (SSSR count). The van der Waals surface area contributed by atoms with E-state index in [0.29, 0.717) is 0 Å². The first-order valence-corrected chi connectivity index (χ1v) is 6.48. The molecule has 110 valence electrons. The Hall–Kier alpha value is -0.437. The predicted octanol–water partition coefficient (Wildman–Crippen LogP) is 3.79. The standard InChI is InChI=1S/2C7H14O2.Zn/c2*1-4-5-7(2,3)6(8)9;/h2*4-5H2,1-3H3,(H,8,9);. The molecule has 0 aromatic rings. The van der Waals surface area contributed by atoms with Gasteiger partial charge in [0.2, 0.25) is 0 Å². The van der Waals surface area contributed by atoms with Crippen molar-refractivity contribution in [3.05, 3.63) is 0 Å². The van der Waals surface area contributed by atoms with Crippen molar-refractivity contribution in [1.82, 2.24) is 0 Å². The van der Waals surface area contributed by atoms with E-state index in [2.05, 4.69) is 0 Å². The number of hydrogen-bond acceptors (Lipinski definition) is 2. The molecular formula is C14H28O4Zn. The minimum absolute atomic E-state index is 0. The van der Waals surface area contributed by atoms with Crippen LogP contribution < -0.4 is 0 Å². The summed E-state index contributed by atoms with van der Waals surface area (Å²) in [6.07, 6.45) is 3.36. The maximum atomic E-state index is 10.4. The summed E-state index contributed by atoms with van der Waals surface area (Å²) in [6.45, 7) is 11.0. The first-order valence-electron chi connectivity index (χ1n) is 6.48. The monoisotopic (exact) mass is 324 g/mol. The van der Waals surface area contributed by atoms with Crippen molar-refractivity contribution in [2.75, 3.05) is 0 Å². The maximum Gasteiger partial charge on any atom is 0.309 e. The third-order valence-corrected chi connectivity index (χ3v) is 2.91. The van der Waals surface area contributed by atoms with Crippen molar-refractivity contribution in [2.24, 2.45) is 10.8 Å². The molecule has 0 saturated heterocycles. The maximum absolute atomic E-state index is 10.4. The molecule has 19 heavy (non-hydrogen) atoms. The normalized spacial score (nSPS) is 10.8. The van der Waals surface area contributed by atoms with E-state index in [0.717, 1.165) is 25.7 Å². The molecule has 0 aliphatic rings. The Bertz CT molecular complexity index is 245. The molecule has 0 fully saturated rings. The van der Waals surface area contributed by atoms with E-state index in [1.165, 1.54) is 0 Å². The summed E-state index contributed by atoms with van der Waals surface area (Å²) < 4.78 is 0. The van der Waals surface area contributed by atoms with Crippen molar-refractivity contribution >= 4 is 11.9 Å².